The Kier molecular flexibility index (Phi) is 3.86. The largest absolute Gasteiger partial charge is 0.333 e. The van der Waals surface area contributed by atoms with Crippen LogP contribution < -0.4 is 5.73 Å². The lowest BCUT2D eigenvalue weighted by atomic mass is 10.1. The van der Waals surface area contributed by atoms with Gasteiger partial charge in [0.15, 0.2) is 0 Å². The van der Waals surface area contributed by atoms with Crippen LogP contribution in [0.5, 0.6) is 0 Å². The van der Waals surface area contributed by atoms with Gasteiger partial charge in [-0.3, -0.25) is 0 Å². The van der Waals surface area contributed by atoms with Crippen LogP contribution in [0.2, 0.25) is 0 Å². The summed E-state index contributed by atoms with van der Waals surface area (Å²) in [4.78, 5) is 5.60. The van der Waals surface area contributed by atoms with E-state index in [1.807, 2.05) is 29.7 Å². The summed E-state index contributed by atoms with van der Waals surface area (Å²) >= 11 is 1.85. The standard InChI is InChI=1S/C13H17N3S/c1-3-17-11-6-4-10(5-7-11)13-12(8-14)15-9-16(13)2/h4-7,9H,3,8,14H2,1-2H3. The van der Waals surface area contributed by atoms with Gasteiger partial charge in [-0.25, -0.2) is 4.98 Å². The second kappa shape index (κ2) is 5.38. The van der Waals surface area contributed by atoms with Gasteiger partial charge in [0.2, 0.25) is 0 Å². The normalized spacial score (nSPS) is 10.8. The van der Waals surface area contributed by atoms with Crippen molar-refractivity contribution in [3.63, 3.8) is 0 Å². The molecule has 0 saturated carbocycles. The van der Waals surface area contributed by atoms with Crippen molar-refractivity contribution in [2.24, 2.45) is 12.8 Å². The maximum Gasteiger partial charge on any atom is 0.0952 e. The average Bonchev–Trinajstić information content (AvgIpc) is 2.72. The maximum absolute atomic E-state index is 5.70. The molecule has 0 atom stereocenters. The lowest BCUT2D eigenvalue weighted by Crippen LogP contribution is -2.00. The van der Waals surface area contributed by atoms with Gasteiger partial charge in [0.1, 0.15) is 0 Å². The molecule has 0 saturated heterocycles. The van der Waals surface area contributed by atoms with Gasteiger partial charge in [-0.1, -0.05) is 19.1 Å². The zero-order valence-electron chi connectivity index (χ0n) is 10.2. The van der Waals surface area contributed by atoms with Crippen LogP contribution in [0.25, 0.3) is 11.3 Å². The molecular formula is C13H17N3S. The lowest BCUT2D eigenvalue weighted by molar-refractivity contribution is 0.920. The number of nitrogens with zero attached hydrogens (tertiary/aromatic N) is 2. The lowest BCUT2D eigenvalue weighted by Gasteiger charge is -2.06. The maximum atomic E-state index is 5.70. The van der Waals surface area contributed by atoms with E-state index in [1.165, 1.54) is 10.5 Å². The third-order valence-corrected chi connectivity index (χ3v) is 3.54. The fraction of sp³-hybridized carbons (Fsp3) is 0.308. The number of hydrogen-bond donors (Lipinski definition) is 1. The highest BCUT2D eigenvalue weighted by Gasteiger charge is 2.09. The van der Waals surface area contributed by atoms with Crippen molar-refractivity contribution in [3.05, 3.63) is 36.3 Å². The van der Waals surface area contributed by atoms with Crippen molar-refractivity contribution in [3.8, 4) is 11.3 Å². The summed E-state index contributed by atoms with van der Waals surface area (Å²) in [6, 6.07) is 8.57. The van der Waals surface area contributed by atoms with Crippen LogP contribution >= 0.6 is 11.8 Å². The van der Waals surface area contributed by atoms with Crippen LogP contribution in [0.4, 0.5) is 0 Å². The number of aromatic nitrogens is 2. The van der Waals surface area contributed by atoms with E-state index in [0.29, 0.717) is 6.54 Å². The monoisotopic (exact) mass is 247 g/mol. The number of nitrogens with two attached hydrogens (primary N) is 1. The molecule has 0 radical (unpaired) electrons. The first-order valence-corrected chi connectivity index (χ1v) is 6.68. The van der Waals surface area contributed by atoms with Crippen LogP contribution in [-0.4, -0.2) is 15.3 Å². The topological polar surface area (TPSA) is 43.8 Å². The smallest absolute Gasteiger partial charge is 0.0952 e. The number of benzene rings is 1. The summed E-state index contributed by atoms with van der Waals surface area (Å²) in [7, 11) is 2.00. The minimum Gasteiger partial charge on any atom is -0.333 e. The molecule has 0 amide bonds. The van der Waals surface area contributed by atoms with Crippen molar-refractivity contribution >= 4 is 11.8 Å². The fourth-order valence-electron chi connectivity index (χ4n) is 1.87. The second-order valence-electron chi connectivity index (χ2n) is 3.81. The molecule has 2 N–H and O–H groups in total. The van der Waals surface area contributed by atoms with Crippen molar-refractivity contribution in [1.29, 1.82) is 0 Å². The molecule has 1 aromatic carbocycles. The highest BCUT2D eigenvalue weighted by Crippen LogP contribution is 2.25. The van der Waals surface area contributed by atoms with E-state index >= 15 is 0 Å². The highest BCUT2D eigenvalue weighted by molar-refractivity contribution is 7.99. The Bertz CT molecular complexity index is 488. The molecule has 0 aliphatic rings. The third-order valence-electron chi connectivity index (χ3n) is 2.64. The summed E-state index contributed by atoms with van der Waals surface area (Å²) in [5.41, 5.74) is 8.93. The molecule has 0 fully saturated rings. The molecule has 0 aliphatic carbocycles. The molecular weight excluding hydrogens is 230 g/mol. The van der Waals surface area contributed by atoms with E-state index in [1.54, 1.807) is 0 Å². The van der Waals surface area contributed by atoms with Crippen LogP contribution in [0.3, 0.4) is 0 Å². The predicted molar refractivity (Wildman–Crippen MR) is 72.9 cm³/mol. The first kappa shape index (κ1) is 12.2. The molecule has 0 unspecified atom stereocenters. The van der Waals surface area contributed by atoms with Gasteiger partial charge < -0.3 is 10.3 Å². The Labute approximate surface area is 106 Å². The third kappa shape index (κ3) is 2.53. The SMILES string of the molecule is CCSc1ccc(-c2c(CN)ncn2C)cc1. The van der Waals surface area contributed by atoms with Crippen LogP contribution in [-0.2, 0) is 13.6 Å². The Balaban J connectivity index is 2.36. The predicted octanol–water partition coefficient (Wildman–Crippen LogP) is 2.66. The van der Waals surface area contributed by atoms with E-state index < -0.39 is 0 Å². The van der Waals surface area contributed by atoms with Gasteiger partial charge >= 0.3 is 0 Å². The minimum absolute atomic E-state index is 0.474. The second-order valence-corrected chi connectivity index (χ2v) is 5.15. The zero-order chi connectivity index (χ0) is 12.3. The van der Waals surface area contributed by atoms with E-state index in [-0.39, 0.29) is 0 Å². The molecule has 1 heterocycles. The van der Waals surface area contributed by atoms with Crippen molar-refractivity contribution in [2.45, 2.75) is 18.4 Å². The van der Waals surface area contributed by atoms with Crippen molar-refractivity contribution in [1.82, 2.24) is 9.55 Å². The number of rotatable bonds is 4. The van der Waals surface area contributed by atoms with Gasteiger partial charge in [-0.05, 0) is 17.9 Å². The van der Waals surface area contributed by atoms with Crippen molar-refractivity contribution in [2.75, 3.05) is 5.75 Å². The quantitative estimate of drug-likeness (QED) is 0.845. The minimum atomic E-state index is 0.474. The molecule has 17 heavy (non-hydrogen) atoms. The molecule has 1 aromatic heterocycles. The summed E-state index contributed by atoms with van der Waals surface area (Å²) < 4.78 is 2.02. The number of aryl methyl sites for hydroxylation is 1. The number of imidazole rings is 1. The Morgan fingerprint density at radius 2 is 2.00 bits per heavy atom. The Morgan fingerprint density at radius 1 is 1.29 bits per heavy atom. The van der Waals surface area contributed by atoms with Gasteiger partial charge in [0.25, 0.3) is 0 Å². The Hall–Kier alpha value is -1.26. The summed E-state index contributed by atoms with van der Waals surface area (Å²) in [5.74, 6) is 1.10. The Morgan fingerprint density at radius 3 is 2.59 bits per heavy atom. The molecule has 0 spiro atoms. The summed E-state index contributed by atoms with van der Waals surface area (Å²) in [6.07, 6.45) is 1.81. The molecule has 3 nitrogen and oxygen atoms in total. The van der Waals surface area contributed by atoms with E-state index in [4.69, 9.17) is 5.73 Å². The average molecular weight is 247 g/mol. The van der Waals surface area contributed by atoms with Crippen LogP contribution in [0.15, 0.2) is 35.5 Å². The van der Waals surface area contributed by atoms with Gasteiger partial charge in [0, 0.05) is 24.1 Å². The zero-order valence-corrected chi connectivity index (χ0v) is 11.0. The van der Waals surface area contributed by atoms with E-state index in [0.717, 1.165) is 17.1 Å². The van der Waals surface area contributed by atoms with E-state index in [9.17, 15) is 0 Å². The van der Waals surface area contributed by atoms with Crippen LogP contribution in [0, 0.1) is 0 Å². The molecule has 4 heteroatoms. The molecule has 0 aliphatic heterocycles. The highest BCUT2D eigenvalue weighted by atomic mass is 32.2. The van der Waals surface area contributed by atoms with Crippen LogP contribution in [0.1, 0.15) is 12.6 Å². The van der Waals surface area contributed by atoms with Gasteiger partial charge in [-0.2, -0.15) is 0 Å². The number of thioether (sulfide) groups is 1. The summed E-state index contributed by atoms with van der Waals surface area (Å²) in [5, 5.41) is 0. The first-order valence-electron chi connectivity index (χ1n) is 5.69. The molecule has 0 bridgehead atoms. The molecule has 90 valence electrons. The first-order chi connectivity index (χ1) is 8.26. The number of hydrogen-bond acceptors (Lipinski definition) is 3. The van der Waals surface area contributed by atoms with Gasteiger partial charge in [-0.15, -0.1) is 11.8 Å². The van der Waals surface area contributed by atoms with Crippen molar-refractivity contribution < 1.29 is 0 Å². The molecule has 2 rings (SSSR count). The fourth-order valence-corrected chi connectivity index (χ4v) is 2.54. The summed E-state index contributed by atoms with van der Waals surface area (Å²) in [6.45, 7) is 2.63. The van der Waals surface area contributed by atoms with E-state index in [2.05, 4.69) is 36.2 Å². The van der Waals surface area contributed by atoms with Gasteiger partial charge in [0.05, 0.1) is 17.7 Å². The molecule has 2 aromatic rings.